The van der Waals surface area contributed by atoms with Crippen molar-refractivity contribution in [3.63, 3.8) is 0 Å². The van der Waals surface area contributed by atoms with Gasteiger partial charge >= 0.3 is 6.03 Å². The van der Waals surface area contributed by atoms with Crippen molar-refractivity contribution >= 4 is 11.9 Å². The molecule has 2 rings (SSSR count). The molecular weight excluding hydrogens is 222 g/mol. The van der Waals surface area contributed by atoms with Crippen molar-refractivity contribution in [2.45, 2.75) is 25.3 Å². The van der Waals surface area contributed by atoms with E-state index >= 15 is 0 Å². The molecule has 2 fully saturated rings. The van der Waals surface area contributed by atoms with Gasteiger partial charge in [0.15, 0.2) is 0 Å². The smallest absolute Gasteiger partial charge is 0.325 e. The highest BCUT2D eigenvalue weighted by molar-refractivity contribution is 6.07. The monoisotopic (exact) mass is 241 g/mol. The van der Waals surface area contributed by atoms with E-state index in [1.165, 1.54) is 4.90 Å². The second-order valence-corrected chi connectivity index (χ2v) is 4.88. The van der Waals surface area contributed by atoms with Crippen molar-refractivity contribution < 1.29 is 14.3 Å². The van der Waals surface area contributed by atoms with Gasteiger partial charge < -0.3 is 15.8 Å². The van der Waals surface area contributed by atoms with Crippen molar-refractivity contribution in [3.8, 4) is 0 Å². The molecule has 1 atom stereocenters. The van der Waals surface area contributed by atoms with Crippen molar-refractivity contribution in [2.24, 2.45) is 11.7 Å². The van der Waals surface area contributed by atoms with Gasteiger partial charge in [-0.2, -0.15) is 0 Å². The SMILES string of the molecule is CC(CN)CN1C(=O)NC2(CCOCC2)C1=O. The molecule has 0 aromatic rings. The van der Waals surface area contributed by atoms with Crippen LogP contribution >= 0.6 is 0 Å². The summed E-state index contributed by atoms with van der Waals surface area (Å²) in [5.74, 6) is 0.00536. The molecule has 0 saturated carbocycles. The predicted octanol–water partition coefficient (Wildman–Crippen LogP) is -0.318. The number of urea groups is 1. The van der Waals surface area contributed by atoms with Gasteiger partial charge in [0.1, 0.15) is 5.54 Å². The van der Waals surface area contributed by atoms with Crippen LogP contribution in [-0.2, 0) is 9.53 Å². The number of nitrogens with zero attached hydrogens (tertiary/aromatic N) is 1. The maximum absolute atomic E-state index is 12.3. The Hall–Kier alpha value is -1.14. The molecule has 2 heterocycles. The third-order valence-corrected chi connectivity index (χ3v) is 3.49. The molecule has 0 aromatic heterocycles. The van der Waals surface area contributed by atoms with E-state index in [0.29, 0.717) is 39.1 Å². The summed E-state index contributed by atoms with van der Waals surface area (Å²) in [5, 5.41) is 2.82. The molecule has 1 unspecified atom stereocenters. The molecule has 2 aliphatic heterocycles. The van der Waals surface area contributed by atoms with Crippen LogP contribution in [0.4, 0.5) is 4.79 Å². The van der Waals surface area contributed by atoms with E-state index in [0.717, 1.165) is 0 Å². The van der Waals surface area contributed by atoms with E-state index in [4.69, 9.17) is 10.5 Å². The average molecular weight is 241 g/mol. The third-order valence-electron chi connectivity index (χ3n) is 3.49. The third kappa shape index (κ3) is 2.14. The molecule has 6 nitrogen and oxygen atoms in total. The molecule has 2 aliphatic rings. The number of carbonyl (C=O) groups is 2. The molecule has 17 heavy (non-hydrogen) atoms. The van der Waals surface area contributed by atoms with E-state index < -0.39 is 5.54 Å². The second kappa shape index (κ2) is 4.62. The van der Waals surface area contributed by atoms with Gasteiger partial charge in [0, 0.05) is 32.6 Å². The number of rotatable bonds is 3. The average Bonchev–Trinajstić information content (AvgIpc) is 2.55. The van der Waals surface area contributed by atoms with Crippen LogP contribution in [0.1, 0.15) is 19.8 Å². The number of ether oxygens (including phenoxy) is 1. The number of nitrogens with one attached hydrogen (secondary N) is 1. The molecule has 0 radical (unpaired) electrons. The summed E-state index contributed by atoms with van der Waals surface area (Å²) in [6.07, 6.45) is 1.12. The van der Waals surface area contributed by atoms with Gasteiger partial charge in [0.2, 0.25) is 0 Å². The van der Waals surface area contributed by atoms with Gasteiger partial charge in [-0.3, -0.25) is 9.69 Å². The highest BCUT2D eigenvalue weighted by atomic mass is 16.5. The van der Waals surface area contributed by atoms with Crippen molar-refractivity contribution in [3.05, 3.63) is 0 Å². The predicted molar refractivity (Wildman–Crippen MR) is 61.2 cm³/mol. The Morgan fingerprint density at radius 1 is 1.47 bits per heavy atom. The van der Waals surface area contributed by atoms with Crippen LogP contribution in [-0.4, -0.2) is 48.7 Å². The van der Waals surface area contributed by atoms with Crippen LogP contribution in [0.3, 0.4) is 0 Å². The Morgan fingerprint density at radius 2 is 2.12 bits per heavy atom. The molecular formula is C11H19N3O3. The van der Waals surface area contributed by atoms with Crippen molar-refractivity contribution in [1.82, 2.24) is 10.2 Å². The lowest BCUT2D eigenvalue weighted by molar-refractivity contribution is -0.134. The summed E-state index contributed by atoms with van der Waals surface area (Å²) in [7, 11) is 0. The highest BCUT2D eigenvalue weighted by Gasteiger charge is 2.51. The molecule has 2 saturated heterocycles. The molecule has 1 spiro atoms. The van der Waals surface area contributed by atoms with Crippen LogP contribution < -0.4 is 11.1 Å². The zero-order chi connectivity index (χ0) is 12.5. The fraction of sp³-hybridized carbons (Fsp3) is 0.818. The molecule has 0 bridgehead atoms. The lowest BCUT2D eigenvalue weighted by atomic mass is 9.90. The quantitative estimate of drug-likeness (QED) is 0.663. The van der Waals surface area contributed by atoms with Crippen LogP contribution in [0.25, 0.3) is 0 Å². The molecule has 3 amide bonds. The van der Waals surface area contributed by atoms with Crippen LogP contribution in [0.15, 0.2) is 0 Å². The Labute approximate surface area is 100 Å². The van der Waals surface area contributed by atoms with Gasteiger partial charge in [0.25, 0.3) is 5.91 Å². The maximum Gasteiger partial charge on any atom is 0.325 e. The van der Waals surface area contributed by atoms with Gasteiger partial charge in [-0.25, -0.2) is 4.79 Å². The van der Waals surface area contributed by atoms with E-state index in [-0.39, 0.29) is 17.9 Å². The number of nitrogens with two attached hydrogens (primary N) is 1. The molecule has 0 aliphatic carbocycles. The normalized spacial score (nSPS) is 25.2. The van der Waals surface area contributed by atoms with Crippen LogP contribution in [0.5, 0.6) is 0 Å². The minimum Gasteiger partial charge on any atom is -0.381 e. The topological polar surface area (TPSA) is 84.7 Å². The van der Waals surface area contributed by atoms with Crippen LogP contribution in [0.2, 0.25) is 0 Å². The van der Waals surface area contributed by atoms with Gasteiger partial charge in [-0.15, -0.1) is 0 Å². The summed E-state index contributed by atoms with van der Waals surface area (Å²) in [5.41, 5.74) is 4.80. The first-order valence-corrected chi connectivity index (χ1v) is 6.01. The lowest BCUT2D eigenvalue weighted by Gasteiger charge is -2.30. The van der Waals surface area contributed by atoms with E-state index in [2.05, 4.69) is 5.32 Å². The first-order valence-electron chi connectivity index (χ1n) is 6.01. The Balaban J connectivity index is 2.10. The zero-order valence-electron chi connectivity index (χ0n) is 10.1. The number of carbonyl (C=O) groups excluding carboxylic acids is 2. The minimum atomic E-state index is -0.719. The van der Waals surface area contributed by atoms with E-state index in [1.807, 2.05) is 6.92 Å². The summed E-state index contributed by atoms with van der Waals surface area (Å²) < 4.78 is 5.24. The number of imide groups is 1. The molecule has 96 valence electrons. The number of amides is 3. The fourth-order valence-corrected chi connectivity index (χ4v) is 2.29. The van der Waals surface area contributed by atoms with Gasteiger partial charge in [-0.05, 0) is 12.5 Å². The molecule has 0 aromatic carbocycles. The summed E-state index contributed by atoms with van der Waals surface area (Å²) in [4.78, 5) is 25.4. The van der Waals surface area contributed by atoms with Gasteiger partial charge in [0.05, 0.1) is 0 Å². The number of hydrogen-bond donors (Lipinski definition) is 2. The minimum absolute atomic E-state index is 0.119. The summed E-state index contributed by atoms with van der Waals surface area (Å²) >= 11 is 0. The van der Waals surface area contributed by atoms with Crippen LogP contribution in [0, 0.1) is 5.92 Å². The van der Waals surface area contributed by atoms with Crippen molar-refractivity contribution in [2.75, 3.05) is 26.3 Å². The van der Waals surface area contributed by atoms with E-state index in [1.54, 1.807) is 0 Å². The van der Waals surface area contributed by atoms with Crippen molar-refractivity contribution in [1.29, 1.82) is 0 Å². The second-order valence-electron chi connectivity index (χ2n) is 4.88. The largest absolute Gasteiger partial charge is 0.381 e. The molecule has 6 heteroatoms. The molecule has 3 N–H and O–H groups in total. The standard InChI is InChI=1S/C11H19N3O3/c1-8(6-12)7-14-9(15)11(13-10(14)16)2-4-17-5-3-11/h8H,2-7,12H2,1H3,(H,13,16). The number of hydrogen-bond acceptors (Lipinski definition) is 4. The van der Waals surface area contributed by atoms with Gasteiger partial charge in [-0.1, -0.05) is 6.92 Å². The fourth-order valence-electron chi connectivity index (χ4n) is 2.29. The summed E-state index contributed by atoms with van der Waals surface area (Å²) in [6.45, 7) is 3.82. The maximum atomic E-state index is 12.3. The summed E-state index contributed by atoms with van der Waals surface area (Å²) in [6, 6.07) is -0.294. The first kappa shape index (κ1) is 12.3. The highest BCUT2D eigenvalue weighted by Crippen LogP contribution is 2.28. The Bertz CT molecular complexity index is 326. The Kier molecular flexibility index (Phi) is 3.35. The zero-order valence-corrected chi connectivity index (χ0v) is 10.1. The Morgan fingerprint density at radius 3 is 2.71 bits per heavy atom. The van der Waals surface area contributed by atoms with E-state index in [9.17, 15) is 9.59 Å². The first-order chi connectivity index (χ1) is 8.09. The lowest BCUT2D eigenvalue weighted by Crippen LogP contribution is -2.51.